The molecule has 2 heterocycles. The number of rotatable bonds is 6. The Labute approximate surface area is 182 Å². The predicted octanol–water partition coefficient (Wildman–Crippen LogP) is 3.14. The molecule has 4 rings (SSSR count). The van der Waals surface area contributed by atoms with Crippen molar-refractivity contribution in [1.29, 1.82) is 0 Å². The lowest BCUT2D eigenvalue weighted by Gasteiger charge is -2.33. The van der Waals surface area contributed by atoms with Crippen molar-refractivity contribution in [2.45, 2.75) is 13.8 Å². The second-order valence-electron chi connectivity index (χ2n) is 8.04. The van der Waals surface area contributed by atoms with Gasteiger partial charge in [-0.05, 0) is 25.1 Å². The first-order chi connectivity index (χ1) is 15.1. The summed E-state index contributed by atoms with van der Waals surface area (Å²) in [6, 6.07) is 15.2. The highest BCUT2D eigenvalue weighted by Crippen LogP contribution is 2.30. The zero-order valence-electron chi connectivity index (χ0n) is 18.2. The van der Waals surface area contributed by atoms with E-state index in [1.807, 2.05) is 43.3 Å². The number of nitrogens with one attached hydrogen (secondary N) is 1. The molecule has 0 atom stereocenters. The molecular weight excluding hydrogens is 390 g/mol. The number of likely N-dealkylation sites (N-methyl/N-ethyl adjacent to an activating group) is 1. The summed E-state index contributed by atoms with van der Waals surface area (Å²) in [5, 5.41) is 4.16. The normalized spacial score (nSPS) is 15.3. The van der Waals surface area contributed by atoms with Gasteiger partial charge in [-0.3, -0.25) is 9.69 Å². The SMILES string of the molecule is CCN1CCN(CCNC(=O)c2oc(=O)c3ccccc3c2-c2ccc(C)cc2)CC1. The van der Waals surface area contributed by atoms with Gasteiger partial charge in [0.25, 0.3) is 5.91 Å². The zero-order chi connectivity index (χ0) is 21.8. The van der Waals surface area contributed by atoms with Crippen LogP contribution in [-0.4, -0.2) is 61.5 Å². The molecule has 1 amide bonds. The van der Waals surface area contributed by atoms with Crippen LogP contribution >= 0.6 is 0 Å². The number of amides is 1. The van der Waals surface area contributed by atoms with Crippen molar-refractivity contribution in [3.8, 4) is 11.1 Å². The third-order valence-electron chi connectivity index (χ3n) is 6.01. The van der Waals surface area contributed by atoms with Crippen molar-refractivity contribution in [1.82, 2.24) is 15.1 Å². The van der Waals surface area contributed by atoms with E-state index in [4.69, 9.17) is 4.42 Å². The predicted molar refractivity (Wildman–Crippen MR) is 124 cm³/mol. The molecule has 1 N–H and O–H groups in total. The van der Waals surface area contributed by atoms with Crippen LogP contribution in [0.3, 0.4) is 0 Å². The Kier molecular flexibility index (Phi) is 6.49. The third kappa shape index (κ3) is 4.70. The molecule has 0 saturated carbocycles. The van der Waals surface area contributed by atoms with Crippen molar-refractivity contribution in [3.63, 3.8) is 0 Å². The Morgan fingerprint density at radius 1 is 0.968 bits per heavy atom. The molecule has 6 nitrogen and oxygen atoms in total. The zero-order valence-corrected chi connectivity index (χ0v) is 18.2. The summed E-state index contributed by atoms with van der Waals surface area (Å²) in [6.45, 7) is 10.7. The summed E-state index contributed by atoms with van der Waals surface area (Å²) in [4.78, 5) is 30.4. The summed E-state index contributed by atoms with van der Waals surface area (Å²) in [5.41, 5.74) is 2.14. The van der Waals surface area contributed by atoms with Crippen molar-refractivity contribution in [3.05, 3.63) is 70.3 Å². The first kappa shape index (κ1) is 21.3. The molecule has 0 aliphatic carbocycles. The number of nitrogens with zero attached hydrogens (tertiary/aromatic N) is 2. The molecule has 3 aromatic rings. The molecule has 0 unspecified atom stereocenters. The first-order valence-corrected chi connectivity index (χ1v) is 10.9. The molecule has 1 fully saturated rings. The van der Waals surface area contributed by atoms with E-state index in [1.165, 1.54) is 0 Å². The van der Waals surface area contributed by atoms with E-state index >= 15 is 0 Å². The topological polar surface area (TPSA) is 65.8 Å². The van der Waals surface area contributed by atoms with Gasteiger partial charge in [0.05, 0.1) is 5.39 Å². The highest BCUT2D eigenvalue weighted by Gasteiger charge is 2.22. The minimum Gasteiger partial charge on any atom is -0.416 e. The smallest absolute Gasteiger partial charge is 0.344 e. The van der Waals surface area contributed by atoms with Gasteiger partial charge < -0.3 is 14.6 Å². The van der Waals surface area contributed by atoms with Crippen LogP contribution in [-0.2, 0) is 0 Å². The van der Waals surface area contributed by atoms with Crippen LogP contribution in [0.15, 0.2) is 57.7 Å². The molecule has 6 heteroatoms. The molecule has 0 bridgehead atoms. The van der Waals surface area contributed by atoms with Gasteiger partial charge in [0, 0.05) is 50.2 Å². The number of carbonyl (C=O) groups excluding carboxylic acids is 1. The van der Waals surface area contributed by atoms with E-state index in [0.717, 1.165) is 55.8 Å². The van der Waals surface area contributed by atoms with E-state index in [9.17, 15) is 9.59 Å². The number of fused-ring (bicyclic) bond motifs is 1. The molecule has 0 radical (unpaired) electrons. The molecule has 2 aromatic carbocycles. The summed E-state index contributed by atoms with van der Waals surface area (Å²) in [5.74, 6) is -0.283. The maximum Gasteiger partial charge on any atom is 0.344 e. The van der Waals surface area contributed by atoms with Crippen molar-refractivity contribution in [2.24, 2.45) is 0 Å². The number of aryl methyl sites for hydroxylation is 1. The summed E-state index contributed by atoms with van der Waals surface area (Å²) >= 11 is 0. The fourth-order valence-electron chi connectivity index (χ4n) is 4.10. The molecule has 1 aliphatic heterocycles. The van der Waals surface area contributed by atoms with Crippen molar-refractivity contribution < 1.29 is 9.21 Å². The molecular formula is C25H29N3O3. The van der Waals surface area contributed by atoms with Gasteiger partial charge in [0.15, 0.2) is 0 Å². The largest absolute Gasteiger partial charge is 0.416 e. The number of piperazine rings is 1. The van der Waals surface area contributed by atoms with Gasteiger partial charge in [-0.1, -0.05) is 55.0 Å². The van der Waals surface area contributed by atoms with Crippen LogP contribution in [0.4, 0.5) is 0 Å². The van der Waals surface area contributed by atoms with Crippen LogP contribution in [0.2, 0.25) is 0 Å². The van der Waals surface area contributed by atoms with E-state index in [0.29, 0.717) is 17.5 Å². The Bertz CT molecular complexity index is 1110. The van der Waals surface area contributed by atoms with Gasteiger partial charge in [-0.2, -0.15) is 0 Å². The minimum atomic E-state index is -0.493. The standard InChI is InChI=1S/C25H29N3O3/c1-3-27-14-16-28(17-15-27)13-12-26-24(29)23-22(19-10-8-18(2)9-11-19)20-6-4-5-7-21(20)25(30)31-23/h4-11H,3,12-17H2,1-2H3,(H,26,29). The number of benzene rings is 2. The Morgan fingerprint density at radius 3 is 2.29 bits per heavy atom. The number of carbonyl (C=O) groups is 1. The lowest BCUT2D eigenvalue weighted by atomic mass is 9.97. The fraction of sp³-hybridized carbons (Fsp3) is 0.360. The van der Waals surface area contributed by atoms with Crippen LogP contribution in [0.25, 0.3) is 21.9 Å². The monoisotopic (exact) mass is 419 g/mol. The highest BCUT2D eigenvalue weighted by atomic mass is 16.4. The van der Waals surface area contributed by atoms with E-state index in [-0.39, 0.29) is 11.7 Å². The van der Waals surface area contributed by atoms with E-state index in [1.54, 1.807) is 12.1 Å². The average Bonchev–Trinajstić information content (AvgIpc) is 2.80. The summed E-state index contributed by atoms with van der Waals surface area (Å²) in [7, 11) is 0. The lowest BCUT2D eigenvalue weighted by Crippen LogP contribution is -2.48. The molecule has 1 aliphatic rings. The van der Waals surface area contributed by atoms with Gasteiger partial charge >= 0.3 is 5.63 Å². The Balaban J connectivity index is 1.58. The number of hydrogen-bond acceptors (Lipinski definition) is 5. The first-order valence-electron chi connectivity index (χ1n) is 10.9. The Hall–Kier alpha value is -2.96. The van der Waals surface area contributed by atoms with Crippen LogP contribution in [0.5, 0.6) is 0 Å². The molecule has 1 aromatic heterocycles. The minimum absolute atomic E-state index is 0.0726. The maximum absolute atomic E-state index is 13.1. The molecule has 0 spiro atoms. The average molecular weight is 420 g/mol. The second-order valence-corrected chi connectivity index (χ2v) is 8.04. The van der Waals surface area contributed by atoms with Crippen LogP contribution in [0, 0.1) is 6.92 Å². The van der Waals surface area contributed by atoms with E-state index in [2.05, 4.69) is 22.0 Å². The lowest BCUT2D eigenvalue weighted by molar-refractivity contribution is 0.0908. The quantitative estimate of drug-likeness (QED) is 0.665. The molecule has 1 saturated heterocycles. The third-order valence-corrected chi connectivity index (χ3v) is 6.01. The Morgan fingerprint density at radius 2 is 1.61 bits per heavy atom. The molecule has 31 heavy (non-hydrogen) atoms. The van der Waals surface area contributed by atoms with Crippen LogP contribution < -0.4 is 10.9 Å². The van der Waals surface area contributed by atoms with Crippen LogP contribution in [0.1, 0.15) is 23.0 Å². The van der Waals surface area contributed by atoms with Gasteiger partial charge in [-0.15, -0.1) is 0 Å². The number of hydrogen-bond donors (Lipinski definition) is 1. The van der Waals surface area contributed by atoms with Gasteiger partial charge in [0.2, 0.25) is 5.76 Å². The summed E-state index contributed by atoms with van der Waals surface area (Å²) < 4.78 is 5.55. The van der Waals surface area contributed by atoms with Gasteiger partial charge in [0.1, 0.15) is 0 Å². The highest BCUT2D eigenvalue weighted by molar-refractivity contribution is 6.07. The van der Waals surface area contributed by atoms with Crippen molar-refractivity contribution in [2.75, 3.05) is 45.8 Å². The second kappa shape index (κ2) is 9.45. The van der Waals surface area contributed by atoms with E-state index < -0.39 is 5.63 Å². The fourth-order valence-corrected chi connectivity index (χ4v) is 4.10. The molecule has 162 valence electrons. The summed E-state index contributed by atoms with van der Waals surface area (Å²) in [6.07, 6.45) is 0. The maximum atomic E-state index is 13.1. The van der Waals surface area contributed by atoms with Crippen molar-refractivity contribution >= 4 is 16.7 Å². The van der Waals surface area contributed by atoms with Gasteiger partial charge in [-0.25, -0.2) is 4.79 Å².